The summed E-state index contributed by atoms with van der Waals surface area (Å²) in [7, 11) is 3.82. The van der Waals surface area contributed by atoms with Gasteiger partial charge >= 0.3 is 11.9 Å². The Morgan fingerprint density at radius 2 is 1.09 bits per heavy atom. The van der Waals surface area contributed by atoms with Gasteiger partial charge in [-0.25, -0.2) is 0 Å². The van der Waals surface area contributed by atoms with Crippen LogP contribution in [0.3, 0.4) is 0 Å². The molecule has 6 atom stereocenters. The number of hydrogen-bond donors (Lipinski definition) is 14. The molecule has 0 aliphatic carbocycles. The molecule has 0 aliphatic heterocycles. The normalized spacial score (nSPS) is 13.3. The number of benzene rings is 3. The highest BCUT2D eigenvalue weighted by Crippen LogP contribution is 2.22. The number of nitrogens with two attached hydrogens (primary N) is 2. The molecule has 0 bridgehead atoms. The number of aliphatic hydroxyl groups is 1. The minimum atomic E-state index is -1.86. The molecule has 27 heteroatoms. The van der Waals surface area contributed by atoms with Crippen molar-refractivity contribution in [2.45, 2.75) is 87.6 Å². The molecule has 406 valence electrons. The van der Waals surface area contributed by atoms with Crippen molar-refractivity contribution < 1.29 is 68.4 Å². The lowest BCUT2D eigenvalue weighted by Gasteiger charge is -2.26. The summed E-state index contributed by atoms with van der Waals surface area (Å²) in [6.07, 6.45) is -1.69. The Hall–Kier alpha value is -8.17. The first-order chi connectivity index (χ1) is 35.6. The minimum absolute atomic E-state index is 0.0863. The van der Waals surface area contributed by atoms with Gasteiger partial charge in [-0.05, 0) is 105 Å². The first-order valence-electron chi connectivity index (χ1n) is 23.5. The number of nitrogens with one attached hydrogen (secondary N) is 7. The molecule has 0 aliphatic rings. The van der Waals surface area contributed by atoms with Crippen LogP contribution in [0.2, 0.25) is 0 Å². The standard InChI is InChI=1S/C48H64N12O14S/c1-60(2)31-14-12-30(13-15-31)59-58-29-10-8-28(9-11-29)43(69)57-38(26-75)44(70)51-24-39(63)52-34(18-20-40(64)65)45(71)56-37(25-61)48(74)55-36(23-27-6-16-32(62)17-7-27)47(73)54-35(19-21-41(66)67)46(72)53-33(42(50)68)5-3-4-22-49/h6-17,33-38,61-62,75H,3-5,18-26,49H2,1-2H3,(H2,50,68)(H,51,70)(H,52,63)(H,53,72)(H,54,73)(H,55,74)(H,56,71)(H,57,69)(H,64,65)(H,66,67)/t33?,34?,35?,36?,37?,38-/m0/s1. The lowest BCUT2D eigenvalue weighted by atomic mass is 10.0. The summed E-state index contributed by atoms with van der Waals surface area (Å²) in [5, 5.41) is 63.6. The van der Waals surface area contributed by atoms with Gasteiger partial charge in [-0.2, -0.15) is 22.9 Å². The van der Waals surface area contributed by atoms with Crippen molar-refractivity contribution in [3.8, 4) is 5.75 Å². The molecular weight excluding hydrogens is 1000 g/mol. The van der Waals surface area contributed by atoms with Crippen molar-refractivity contribution in [2.24, 2.45) is 21.7 Å². The van der Waals surface area contributed by atoms with Crippen LogP contribution < -0.4 is 53.6 Å². The molecule has 26 nitrogen and oxygen atoms in total. The van der Waals surface area contributed by atoms with Crippen molar-refractivity contribution in [3.05, 3.63) is 83.9 Å². The summed E-state index contributed by atoms with van der Waals surface area (Å²) in [6.45, 7) is -1.60. The Labute approximate surface area is 436 Å². The molecule has 5 unspecified atom stereocenters. The Bertz CT molecular complexity index is 2480. The lowest BCUT2D eigenvalue weighted by molar-refractivity contribution is -0.139. The highest BCUT2D eigenvalue weighted by atomic mass is 32.1. The van der Waals surface area contributed by atoms with E-state index in [0.717, 1.165) is 5.69 Å². The number of amides is 8. The third-order valence-corrected chi connectivity index (χ3v) is 11.4. The quantitative estimate of drug-likeness (QED) is 0.0203. The molecule has 0 spiro atoms. The number of carboxylic acid groups (broad SMARTS) is 2. The first-order valence-corrected chi connectivity index (χ1v) is 24.1. The van der Waals surface area contributed by atoms with E-state index in [1.54, 1.807) is 24.3 Å². The number of rotatable bonds is 32. The second-order valence-electron chi connectivity index (χ2n) is 17.1. The molecule has 0 saturated heterocycles. The summed E-state index contributed by atoms with van der Waals surface area (Å²) in [6, 6.07) is 9.49. The van der Waals surface area contributed by atoms with Gasteiger partial charge in [0, 0.05) is 50.4 Å². The van der Waals surface area contributed by atoms with Gasteiger partial charge in [0.1, 0.15) is 42.0 Å². The monoisotopic (exact) mass is 1060 g/mol. The fraction of sp³-hybridized carbons (Fsp3) is 0.417. The largest absolute Gasteiger partial charge is 0.508 e. The van der Waals surface area contributed by atoms with Gasteiger partial charge in [0.2, 0.25) is 41.4 Å². The number of aliphatic carboxylic acids is 2. The molecule has 0 aromatic heterocycles. The van der Waals surface area contributed by atoms with Gasteiger partial charge in [0.15, 0.2) is 0 Å². The number of carboxylic acids is 2. The predicted octanol–water partition coefficient (Wildman–Crippen LogP) is -0.979. The van der Waals surface area contributed by atoms with Crippen LogP contribution >= 0.6 is 12.6 Å². The SMILES string of the molecule is CN(C)c1ccc(N=Nc2ccc(C(=O)N[C@@H](CS)C(=O)NCC(=O)NC(CCC(=O)O)C(=O)NC(CO)C(=O)NC(Cc3ccc(O)cc3)C(=O)NC(CCC(=O)O)C(=O)NC(CCCCN)C(N)=O)cc2)cc1. The van der Waals surface area contributed by atoms with Crippen molar-refractivity contribution in [1.29, 1.82) is 0 Å². The maximum Gasteiger partial charge on any atom is 0.303 e. The van der Waals surface area contributed by atoms with Crippen LogP contribution in [-0.4, -0.2) is 155 Å². The Morgan fingerprint density at radius 1 is 0.600 bits per heavy atom. The van der Waals surface area contributed by atoms with Crippen molar-refractivity contribution in [2.75, 3.05) is 44.4 Å². The zero-order valence-electron chi connectivity index (χ0n) is 41.2. The number of unbranched alkanes of at least 4 members (excludes halogenated alkanes) is 1. The number of thiol groups is 1. The molecule has 3 aromatic carbocycles. The van der Waals surface area contributed by atoms with Gasteiger partial charge in [0.05, 0.1) is 24.5 Å². The third-order valence-electron chi connectivity index (χ3n) is 11.0. The second kappa shape index (κ2) is 31.4. The minimum Gasteiger partial charge on any atom is -0.508 e. The number of hydrogen-bond acceptors (Lipinski definition) is 17. The van der Waals surface area contributed by atoms with E-state index in [4.69, 9.17) is 11.5 Å². The number of aliphatic hydroxyl groups excluding tert-OH is 1. The van der Waals surface area contributed by atoms with Crippen LogP contribution in [-0.2, 0) is 49.6 Å². The highest BCUT2D eigenvalue weighted by molar-refractivity contribution is 7.80. The molecule has 0 heterocycles. The van der Waals surface area contributed by atoms with Crippen molar-refractivity contribution in [3.63, 3.8) is 0 Å². The van der Waals surface area contributed by atoms with Gasteiger partial charge < -0.3 is 74.0 Å². The van der Waals surface area contributed by atoms with E-state index in [1.165, 1.54) is 36.4 Å². The number of aromatic hydroxyl groups is 1. The van der Waals surface area contributed by atoms with Gasteiger partial charge in [0.25, 0.3) is 5.91 Å². The molecule has 0 radical (unpaired) electrons. The number of phenolic OH excluding ortho intramolecular Hbond substituents is 1. The van der Waals surface area contributed by atoms with E-state index in [1.807, 2.05) is 31.1 Å². The van der Waals surface area contributed by atoms with Gasteiger partial charge in [-0.3, -0.25) is 47.9 Å². The third kappa shape index (κ3) is 21.8. The van der Waals surface area contributed by atoms with E-state index >= 15 is 0 Å². The van der Waals surface area contributed by atoms with Crippen molar-refractivity contribution >= 4 is 88.9 Å². The van der Waals surface area contributed by atoms with E-state index in [-0.39, 0.29) is 29.9 Å². The van der Waals surface area contributed by atoms with Crippen LogP contribution in [0.4, 0.5) is 17.1 Å². The van der Waals surface area contributed by atoms with E-state index in [9.17, 15) is 68.4 Å². The van der Waals surface area contributed by atoms with Crippen LogP contribution in [0.15, 0.2) is 83.0 Å². The number of phenols is 1. The fourth-order valence-corrected chi connectivity index (χ4v) is 7.05. The van der Waals surface area contributed by atoms with Crippen LogP contribution in [0.5, 0.6) is 5.75 Å². The van der Waals surface area contributed by atoms with Gasteiger partial charge in [-0.1, -0.05) is 12.1 Å². The Balaban J connectivity index is 1.70. The molecular formula is C48H64N12O14S. The summed E-state index contributed by atoms with van der Waals surface area (Å²) < 4.78 is 0. The van der Waals surface area contributed by atoms with Gasteiger partial charge in [-0.15, -0.1) is 0 Å². The maximum absolute atomic E-state index is 13.9. The Kier molecular flexibility index (Phi) is 25.6. The lowest BCUT2D eigenvalue weighted by Crippen LogP contribution is -2.60. The summed E-state index contributed by atoms with van der Waals surface area (Å²) in [5.41, 5.74) is 13.5. The summed E-state index contributed by atoms with van der Waals surface area (Å²) in [5.74, 6) is -10.9. The van der Waals surface area contributed by atoms with E-state index in [0.29, 0.717) is 36.3 Å². The van der Waals surface area contributed by atoms with Crippen LogP contribution in [0.25, 0.3) is 0 Å². The molecule has 0 saturated carbocycles. The fourth-order valence-electron chi connectivity index (χ4n) is 6.80. The molecule has 0 fully saturated rings. The first kappa shape index (κ1) is 61.1. The number of primary amides is 1. The molecule has 8 amide bonds. The number of nitrogens with zero attached hydrogens (tertiary/aromatic N) is 3. The number of carbonyl (C=O) groups is 10. The van der Waals surface area contributed by atoms with Crippen molar-refractivity contribution in [1.82, 2.24) is 37.2 Å². The molecule has 3 rings (SSSR count). The number of carbonyl (C=O) groups excluding carboxylic acids is 8. The molecule has 3 aromatic rings. The average Bonchev–Trinajstić information content (AvgIpc) is 3.38. The smallest absolute Gasteiger partial charge is 0.303 e. The van der Waals surface area contributed by atoms with Crippen LogP contribution in [0.1, 0.15) is 60.9 Å². The number of anilines is 1. The zero-order chi connectivity index (χ0) is 55.6. The molecule has 75 heavy (non-hydrogen) atoms. The summed E-state index contributed by atoms with van der Waals surface area (Å²) in [4.78, 5) is 131. The summed E-state index contributed by atoms with van der Waals surface area (Å²) >= 11 is 4.14. The number of azo groups is 1. The highest BCUT2D eigenvalue weighted by Gasteiger charge is 2.33. The molecule has 15 N–H and O–H groups in total. The van der Waals surface area contributed by atoms with Crippen LogP contribution in [0, 0.1) is 0 Å². The average molecular weight is 1070 g/mol. The second-order valence-corrected chi connectivity index (χ2v) is 17.4. The zero-order valence-corrected chi connectivity index (χ0v) is 42.1. The maximum atomic E-state index is 13.9. The van der Waals surface area contributed by atoms with E-state index < -0.39 is 134 Å². The Morgan fingerprint density at radius 3 is 1.60 bits per heavy atom. The van der Waals surface area contributed by atoms with E-state index in [2.05, 4.69) is 60.1 Å². The predicted molar refractivity (Wildman–Crippen MR) is 274 cm³/mol. The topological polar surface area (TPSA) is 416 Å².